The Hall–Kier alpha value is -2.57. The van der Waals surface area contributed by atoms with Crippen LogP contribution in [0.3, 0.4) is 0 Å². The highest BCUT2D eigenvalue weighted by molar-refractivity contribution is 6.30. The van der Waals surface area contributed by atoms with Crippen molar-refractivity contribution in [2.45, 2.75) is 13.8 Å². The van der Waals surface area contributed by atoms with E-state index < -0.39 is 0 Å². The smallest absolute Gasteiger partial charge is 0.253 e. The van der Waals surface area contributed by atoms with Crippen molar-refractivity contribution >= 4 is 34.8 Å². The maximum Gasteiger partial charge on any atom is 0.253 e. The molecule has 0 unspecified atom stereocenters. The number of carbonyl (C=O) groups excluding carboxylic acids is 2. The van der Waals surface area contributed by atoms with Crippen molar-refractivity contribution in [3.63, 3.8) is 0 Å². The van der Waals surface area contributed by atoms with Crippen LogP contribution in [0.2, 0.25) is 5.02 Å². The molecule has 2 amide bonds. The highest BCUT2D eigenvalue weighted by atomic mass is 35.5. The summed E-state index contributed by atoms with van der Waals surface area (Å²) in [5.41, 5.74) is 2.45. The van der Waals surface area contributed by atoms with E-state index in [0.717, 1.165) is 36.9 Å². The van der Waals surface area contributed by atoms with Crippen molar-refractivity contribution in [1.29, 1.82) is 0 Å². The molecule has 6 nitrogen and oxygen atoms in total. The summed E-state index contributed by atoms with van der Waals surface area (Å²) in [5, 5.41) is 3.66. The van der Waals surface area contributed by atoms with Gasteiger partial charge in [-0.3, -0.25) is 14.5 Å². The molecule has 7 heteroatoms. The van der Waals surface area contributed by atoms with Crippen molar-refractivity contribution in [3.05, 3.63) is 59.1 Å². The fourth-order valence-electron chi connectivity index (χ4n) is 3.63. The number of nitrogens with zero attached hydrogens (tertiary/aromatic N) is 3. The highest BCUT2D eigenvalue weighted by Gasteiger charge is 2.19. The summed E-state index contributed by atoms with van der Waals surface area (Å²) in [6, 6.07) is 15.0. The predicted molar refractivity (Wildman–Crippen MR) is 122 cm³/mol. The largest absolute Gasteiger partial charge is 0.369 e. The summed E-state index contributed by atoms with van der Waals surface area (Å²) in [4.78, 5) is 31.0. The first-order chi connectivity index (χ1) is 14.5. The molecule has 1 N–H and O–H groups in total. The van der Waals surface area contributed by atoms with Gasteiger partial charge >= 0.3 is 0 Å². The zero-order chi connectivity index (χ0) is 21.5. The minimum atomic E-state index is -0.0472. The van der Waals surface area contributed by atoms with Crippen LogP contribution in [0, 0.1) is 0 Å². The highest BCUT2D eigenvalue weighted by Crippen LogP contribution is 2.20. The van der Waals surface area contributed by atoms with Gasteiger partial charge in [-0.2, -0.15) is 0 Å². The molecule has 0 spiro atoms. The van der Waals surface area contributed by atoms with Crippen molar-refractivity contribution in [2.24, 2.45) is 0 Å². The van der Waals surface area contributed by atoms with Gasteiger partial charge in [0, 0.05) is 61.2 Å². The standard InChI is InChI=1S/C23H29ClN4O2/c1-3-27(4-2)23(30)18-8-10-20(11-9-18)25-22(29)17-26-12-14-28(15-13-26)21-7-5-6-19(24)16-21/h5-11,16H,3-4,12-15,17H2,1-2H3,(H,25,29). The molecule has 0 bridgehead atoms. The van der Waals surface area contributed by atoms with E-state index in [4.69, 9.17) is 11.6 Å². The van der Waals surface area contributed by atoms with Gasteiger partial charge in [0.2, 0.25) is 5.91 Å². The summed E-state index contributed by atoms with van der Waals surface area (Å²) >= 11 is 6.08. The minimum absolute atomic E-state index is 0.00968. The zero-order valence-corrected chi connectivity index (χ0v) is 18.4. The average Bonchev–Trinajstić information content (AvgIpc) is 2.75. The number of nitrogens with one attached hydrogen (secondary N) is 1. The second kappa shape index (κ2) is 10.5. The van der Waals surface area contributed by atoms with E-state index in [2.05, 4.69) is 21.2 Å². The first-order valence-electron chi connectivity index (χ1n) is 10.4. The van der Waals surface area contributed by atoms with Gasteiger partial charge in [0.15, 0.2) is 0 Å². The third kappa shape index (κ3) is 5.74. The lowest BCUT2D eigenvalue weighted by Crippen LogP contribution is -2.48. The molecular weight excluding hydrogens is 400 g/mol. The first kappa shape index (κ1) is 22.1. The molecule has 0 aliphatic carbocycles. The van der Waals surface area contributed by atoms with Crippen LogP contribution in [0.15, 0.2) is 48.5 Å². The predicted octanol–water partition coefficient (Wildman–Crippen LogP) is 3.58. The quantitative estimate of drug-likeness (QED) is 0.732. The molecule has 30 heavy (non-hydrogen) atoms. The molecule has 0 radical (unpaired) electrons. The zero-order valence-electron chi connectivity index (χ0n) is 17.6. The summed E-state index contributed by atoms with van der Waals surface area (Å²) in [6.07, 6.45) is 0. The maximum absolute atomic E-state index is 12.4. The lowest BCUT2D eigenvalue weighted by Gasteiger charge is -2.35. The van der Waals surface area contributed by atoms with Gasteiger partial charge in [0.25, 0.3) is 5.91 Å². The fourth-order valence-corrected chi connectivity index (χ4v) is 3.81. The Morgan fingerprint density at radius 3 is 2.27 bits per heavy atom. The van der Waals surface area contributed by atoms with Crippen LogP contribution in [-0.2, 0) is 4.79 Å². The molecule has 1 aliphatic rings. The normalized spacial score (nSPS) is 14.4. The Labute approximate surface area is 183 Å². The number of carbonyl (C=O) groups is 2. The molecule has 0 atom stereocenters. The summed E-state index contributed by atoms with van der Waals surface area (Å²) in [5.74, 6) is -0.0375. The van der Waals surface area contributed by atoms with E-state index in [-0.39, 0.29) is 11.8 Å². The van der Waals surface area contributed by atoms with Crippen LogP contribution in [0.1, 0.15) is 24.2 Å². The van der Waals surface area contributed by atoms with Crippen LogP contribution < -0.4 is 10.2 Å². The molecule has 0 saturated carbocycles. The van der Waals surface area contributed by atoms with Crippen LogP contribution in [0.5, 0.6) is 0 Å². The van der Waals surface area contributed by atoms with E-state index in [1.165, 1.54) is 0 Å². The maximum atomic E-state index is 12.4. The number of halogens is 1. The second-order valence-electron chi connectivity index (χ2n) is 7.35. The fraction of sp³-hybridized carbons (Fsp3) is 0.391. The summed E-state index contributed by atoms with van der Waals surface area (Å²) < 4.78 is 0. The number of hydrogen-bond donors (Lipinski definition) is 1. The first-order valence-corrected chi connectivity index (χ1v) is 10.8. The molecule has 1 aliphatic heterocycles. The second-order valence-corrected chi connectivity index (χ2v) is 7.78. The van der Waals surface area contributed by atoms with E-state index in [1.54, 1.807) is 29.2 Å². The SMILES string of the molecule is CCN(CC)C(=O)c1ccc(NC(=O)CN2CCN(c3cccc(Cl)c3)CC2)cc1. The number of hydrogen-bond acceptors (Lipinski definition) is 4. The molecule has 1 heterocycles. The van der Waals surface area contributed by atoms with Crippen molar-refractivity contribution in [1.82, 2.24) is 9.80 Å². The Kier molecular flexibility index (Phi) is 7.71. The topological polar surface area (TPSA) is 55.9 Å². The number of amides is 2. The summed E-state index contributed by atoms with van der Waals surface area (Å²) in [7, 11) is 0. The van der Waals surface area contributed by atoms with Gasteiger partial charge in [-0.15, -0.1) is 0 Å². The van der Waals surface area contributed by atoms with E-state index >= 15 is 0 Å². The Balaban J connectivity index is 1.47. The Morgan fingerprint density at radius 2 is 1.67 bits per heavy atom. The average molecular weight is 429 g/mol. The van der Waals surface area contributed by atoms with Crippen LogP contribution >= 0.6 is 11.6 Å². The van der Waals surface area contributed by atoms with Gasteiger partial charge < -0.3 is 15.1 Å². The molecule has 0 aromatic heterocycles. The lowest BCUT2D eigenvalue weighted by molar-refractivity contribution is -0.117. The monoisotopic (exact) mass is 428 g/mol. The van der Waals surface area contributed by atoms with Gasteiger partial charge in [-0.1, -0.05) is 17.7 Å². The van der Waals surface area contributed by atoms with Gasteiger partial charge in [-0.25, -0.2) is 0 Å². The molecule has 1 fully saturated rings. The van der Waals surface area contributed by atoms with E-state index in [1.807, 2.05) is 32.0 Å². The molecular formula is C23H29ClN4O2. The van der Waals surface area contributed by atoms with Crippen LogP contribution in [0.4, 0.5) is 11.4 Å². The summed E-state index contributed by atoms with van der Waals surface area (Å²) in [6.45, 7) is 8.98. The van der Waals surface area contributed by atoms with Gasteiger partial charge in [0.1, 0.15) is 0 Å². The Bertz CT molecular complexity index is 860. The molecule has 2 aromatic carbocycles. The third-order valence-electron chi connectivity index (χ3n) is 5.38. The molecule has 2 aromatic rings. The molecule has 3 rings (SSSR count). The van der Waals surface area contributed by atoms with E-state index in [0.29, 0.717) is 30.9 Å². The number of anilines is 2. The van der Waals surface area contributed by atoms with Crippen LogP contribution in [0.25, 0.3) is 0 Å². The molecule has 1 saturated heterocycles. The van der Waals surface area contributed by atoms with Crippen molar-refractivity contribution < 1.29 is 9.59 Å². The van der Waals surface area contributed by atoms with E-state index in [9.17, 15) is 9.59 Å². The Morgan fingerprint density at radius 1 is 1.00 bits per heavy atom. The molecule has 160 valence electrons. The number of rotatable bonds is 7. The lowest BCUT2D eigenvalue weighted by atomic mass is 10.1. The third-order valence-corrected chi connectivity index (χ3v) is 5.61. The van der Waals surface area contributed by atoms with Crippen molar-refractivity contribution in [2.75, 3.05) is 56.0 Å². The number of piperazine rings is 1. The number of benzene rings is 2. The van der Waals surface area contributed by atoms with Gasteiger partial charge in [-0.05, 0) is 56.3 Å². The van der Waals surface area contributed by atoms with Gasteiger partial charge in [0.05, 0.1) is 6.54 Å². The minimum Gasteiger partial charge on any atom is -0.369 e. The van der Waals surface area contributed by atoms with Crippen molar-refractivity contribution in [3.8, 4) is 0 Å². The van der Waals surface area contributed by atoms with Crippen LogP contribution in [-0.4, -0.2) is 67.4 Å².